The van der Waals surface area contributed by atoms with E-state index in [0.717, 1.165) is 42.8 Å². The van der Waals surface area contributed by atoms with Gasteiger partial charge in [0.05, 0.1) is 0 Å². The highest BCUT2D eigenvalue weighted by atomic mass is 16.1. The predicted octanol–water partition coefficient (Wildman–Crippen LogP) is 3.43. The molecule has 0 aromatic rings. The van der Waals surface area contributed by atoms with Gasteiger partial charge >= 0.3 is 0 Å². The number of hydrogen-bond donors (Lipinski definition) is 0. The minimum atomic E-state index is 0.766. The Balaban J connectivity index is 1.72. The molecule has 0 aromatic carbocycles. The lowest BCUT2D eigenvalue weighted by Gasteiger charge is -2.24. The zero-order valence-electron chi connectivity index (χ0n) is 9.24. The lowest BCUT2D eigenvalue weighted by Crippen LogP contribution is -2.13. The highest BCUT2D eigenvalue weighted by molar-refractivity contribution is 5.49. The molecule has 2 rings (SSSR count). The van der Waals surface area contributed by atoms with Crippen molar-refractivity contribution >= 4 is 6.29 Å². The summed E-state index contributed by atoms with van der Waals surface area (Å²) in [6.07, 6.45) is 10.3. The molecule has 2 aliphatic rings. The fraction of sp³-hybridized carbons (Fsp3) is 0.923. The molecule has 80 valence electrons. The van der Waals surface area contributed by atoms with Crippen molar-refractivity contribution in [3.05, 3.63) is 0 Å². The zero-order valence-corrected chi connectivity index (χ0v) is 9.24. The molecule has 0 N–H and O–H groups in total. The van der Waals surface area contributed by atoms with Gasteiger partial charge in [-0.2, -0.15) is 0 Å². The van der Waals surface area contributed by atoms with E-state index in [1.807, 2.05) is 0 Å². The van der Waals surface area contributed by atoms with Crippen LogP contribution >= 0.6 is 0 Å². The fourth-order valence-corrected chi connectivity index (χ4v) is 3.65. The summed E-state index contributed by atoms with van der Waals surface area (Å²) in [7, 11) is 0. The van der Waals surface area contributed by atoms with E-state index in [4.69, 9.17) is 0 Å². The predicted molar refractivity (Wildman–Crippen MR) is 58.0 cm³/mol. The van der Waals surface area contributed by atoms with Crippen LogP contribution in [0.4, 0.5) is 0 Å². The Labute approximate surface area is 87.3 Å². The van der Waals surface area contributed by atoms with E-state index in [9.17, 15) is 4.79 Å². The van der Waals surface area contributed by atoms with Crippen LogP contribution in [-0.4, -0.2) is 6.29 Å². The quantitative estimate of drug-likeness (QED) is 0.613. The molecule has 0 amide bonds. The van der Waals surface area contributed by atoms with Gasteiger partial charge in [0.2, 0.25) is 0 Å². The highest BCUT2D eigenvalue weighted by Gasteiger charge is 2.39. The van der Waals surface area contributed by atoms with Crippen LogP contribution in [0.2, 0.25) is 0 Å². The van der Waals surface area contributed by atoms with Gasteiger partial charge in [0.25, 0.3) is 0 Å². The van der Waals surface area contributed by atoms with Crippen LogP contribution in [0, 0.1) is 23.7 Å². The lowest BCUT2D eigenvalue weighted by atomic mass is 9.81. The van der Waals surface area contributed by atoms with Crippen molar-refractivity contribution in [1.82, 2.24) is 0 Å². The van der Waals surface area contributed by atoms with Crippen LogP contribution in [0.5, 0.6) is 0 Å². The maximum Gasteiger partial charge on any atom is 0.120 e. The molecule has 0 aliphatic heterocycles. The van der Waals surface area contributed by atoms with Gasteiger partial charge in [0, 0.05) is 6.42 Å². The second-order valence-corrected chi connectivity index (χ2v) is 5.52. The molecule has 0 aromatic heterocycles. The van der Waals surface area contributed by atoms with Crippen LogP contribution in [0.1, 0.15) is 51.9 Å². The first-order chi connectivity index (χ1) is 6.79. The maximum atomic E-state index is 10.3. The van der Waals surface area contributed by atoms with E-state index in [-0.39, 0.29) is 0 Å². The highest BCUT2D eigenvalue weighted by Crippen LogP contribution is 2.50. The van der Waals surface area contributed by atoms with Crippen LogP contribution in [0.15, 0.2) is 0 Å². The van der Waals surface area contributed by atoms with Crippen LogP contribution in [0.25, 0.3) is 0 Å². The normalized spacial score (nSPS) is 37.4. The third-order valence-electron chi connectivity index (χ3n) is 4.37. The van der Waals surface area contributed by atoms with Crippen molar-refractivity contribution in [2.45, 2.75) is 51.9 Å². The molecule has 0 heterocycles. The number of fused-ring (bicyclic) bond motifs is 2. The van der Waals surface area contributed by atoms with Crippen LogP contribution < -0.4 is 0 Å². The van der Waals surface area contributed by atoms with Crippen LogP contribution in [0.3, 0.4) is 0 Å². The minimum Gasteiger partial charge on any atom is -0.303 e. The number of carbonyl (C=O) groups excluding carboxylic acids is 1. The van der Waals surface area contributed by atoms with Crippen molar-refractivity contribution in [1.29, 1.82) is 0 Å². The van der Waals surface area contributed by atoms with Gasteiger partial charge in [0.15, 0.2) is 0 Å². The van der Waals surface area contributed by atoms with Gasteiger partial charge in [-0.3, -0.25) is 0 Å². The number of carbonyl (C=O) groups is 1. The molecule has 0 radical (unpaired) electrons. The second-order valence-electron chi connectivity index (χ2n) is 5.52. The minimum absolute atomic E-state index is 0.766. The molecule has 14 heavy (non-hydrogen) atoms. The second kappa shape index (κ2) is 4.46. The van der Waals surface area contributed by atoms with Crippen LogP contribution in [-0.2, 0) is 4.79 Å². The standard InChI is InChI=1S/C13H22O/c1-10(3-2-6-14)7-13-9-11-4-5-12(13)8-11/h6,10-13H,2-5,7-9H2,1H3. The summed E-state index contributed by atoms with van der Waals surface area (Å²) >= 11 is 0. The van der Waals surface area contributed by atoms with E-state index in [0.29, 0.717) is 0 Å². The average Bonchev–Trinajstić information content (AvgIpc) is 2.76. The molecular weight excluding hydrogens is 172 g/mol. The fourth-order valence-electron chi connectivity index (χ4n) is 3.65. The topological polar surface area (TPSA) is 17.1 Å². The Morgan fingerprint density at radius 3 is 2.79 bits per heavy atom. The van der Waals surface area contributed by atoms with E-state index in [1.165, 1.54) is 32.1 Å². The summed E-state index contributed by atoms with van der Waals surface area (Å²) in [5.41, 5.74) is 0. The molecule has 0 saturated heterocycles. The smallest absolute Gasteiger partial charge is 0.120 e. The van der Waals surface area contributed by atoms with Gasteiger partial charge in [-0.05, 0) is 55.8 Å². The summed E-state index contributed by atoms with van der Waals surface area (Å²) in [4.78, 5) is 10.3. The Morgan fingerprint density at radius 2 is 2.21 bits per heavy atom. The summed E-state index contributed by atoms with van der Waals surface area (Å²) < 4.78 is 0. The summed E-state index contributed by atoms with van der Waals surface area (Å²) in [5.74, 6) is 3.90. The first kappa shape index (κ1) is 10.2. The molecule has 2 bridgehead atoms. The van der Waals surface area contributed by atoms with Gasteiger partial charge in [-0.15, -0.1) is 0 Å². The monoisotopic (exact) mass is 194 g/mol. The lowest BCUT2D eigenvalue weighted by molar-refractivity contribution is -0.108. The van der Waals surface area contributed by atoms with E-state index >= 15 is 0 Å². The largest absolute Gasteiger partial charge is 0.303 e. The number of rotatable bonds is 5. The van der Waals surface area contributed by atoms with Crippen molar-refractivity contribution in [3.8, 4) is 0 Å². The van der Waals surface area contributed by atoms with Crippen molar-refractivity contribution < 1.29 is 4.79 Å². The SMILES string of the molecule is CC(CCC=O)CC1CC2CCC1C2. The first-order valence-corrected chi connectivity index (χ1v) is 6.23. The molecule has 2 saturated carbocycles. The van der Waals surface area contributed by atoms with Crippen molar-refractivity contribution in [2.24, 2.45) is 23.7 Å². The summed E-state index contributed by atoms with van der Waals surface area (Å²) in [6.45, 7) is 2.31. The third kappa shape index (κ3) is 2.18. The molecule has 4 unspecified atom stereocenters. The molecule has 1 nitrogen and oxygen atoms in total. The average molecular weight is 194 g/mol. The Morgan fingerprint density at radius 1 is 1.36 bits per heavy atom. The third-order valence-corrected chi connectivity index (χ3v) is 4.37. The first-order valence-electron chi connectivity index (χ1n) is 6.23. The van der Waals surface area contributed by atoms with E-state index < -0.39 is 0 Å². The summed E-state index contributed by atoms with van der Waals surface area (Å²) in [6, 6.07) is 0. The molecule has 2 aliphatic carbocycles. The molecule has 1 heteroatoms. The number of aldehydes is 1. The van der Waals surface area contributed by atoms with E-state index in [1.54, 1.807) is 0 Å². The molecule has 2 fully saturated rings. The zero-order chi connectivity index (χ0) is 9.97. The van der Waals surface area contributed by atoms with Crippen molar-refractivity contribution in [2.75, 3.05) is 0 Å². The maximum absolute atomic E-state index is 10.3. The van der Waals surface area contributed by atoms with Gasteiger partial charge in [-0.25, -0.2) is 0 Å². The molecular formula is C13H22O. The molecule has 0 spiro atoms. The number of hydrogen-bond acceptors (Lipinski definition) is 1. The van der Waals surface area contributed by atoms with Gasteiger partial charge < -0.3 is 4.79 Å². The Hall–Kier alpha value is -0.330. The molecule has 4 atom stereocenters. The summed E-state index contributed by atoms with van der Waals surface area (Å²) in [5, 5.41) is 0. The van der Waals surface area contributed by atoms with E-state index in [2.05, 4.69) is 6.92 Å². The van der Waals surface area contributed by atoms with Crippen molar-refractivity contribution in [3.63, 3.8) is 0 Å². The van der Waals surface area contributed by atoms with Gasteiger partial charge in [-0.1, -0.05) is 13.3 Å². The Bertz CT molecular complexity index is 199. The van der Waals surface area contributed by atoms with Gasteiger partial charge in [0.1, 0.15) is 6.29 Å². The Kier molecular flexibility index (Phi) is 3.25.